The molecule has 0 radical (unpaired) electrons. The number of amides is 1. The van der Waals surface area contributed by atoms with E-state index in [1.807, 2.05) is 4.90 Å². The quantitative estimate of drug-likeness (QED) is 0.645. The van der Waals surface area contributed by atoms with Crippen molar-refractivity contribution in [1.29, 1.82) is 0 Å². The highest BCUT2D eigenvalue weighted by Gasteiger charge is 2.31. The summed E-state index contributed by atoms with van der Waals surface area (Å²) < 4.78 is 0. The number of nitrogens with two attached hydrogens (primary N) is 1. The SMILES string of the molecule is C[C@H]1CCCCN1C(=O)c1cc(N)cc(C(=O)[C@H]2CCCC[NH+]2C)c1. The summed E-state index contributed by atoms with van der Waals surface area (Å²) in [6, 6.07) is 5.41. The molecule has 2 aliphatic rings. The number of likely N-dealkylation sites (tertiary alicyclic amines) is 2. The van der Waals surface area contributed by atoms with Gasteiger partial charge in [0.2, 0.25) is 5.78 Å². The fraction of sp³-hybridized carbons (Fsp3) is 0.600. The molecule has 2 fully saturated rings. The number of hydrogen-bond acceptors (Lipinski definition) is 3. The van der Waals surface area contributed by atoms with Gasteiger partial charge in [0, 0.05) is 35.8 Å². The van der Waals surface area contributed by atoms with Gasteiger partial charge in [0.05, 0.1) is 13.6 Å². The standard InChI is InChI=1S/C20H29N3O2/c1-14-7-3-6-10-23(14)20(25)16-11-15(12-17(21)13-16)19(24)18-8-4-5-9-22(18)2/h11-14,18H,3-10,21H2,1-2H3/p+1/t14-,18+/m0/s1. The number of anilines is 1. The maximum absolute atomic E-state index is 13.0. The van der Waals surface area contributed by atoms with Crippen LogP contribution in [0, 0.1) is 0 Å². The van der Waals surface area contributed by atoms with Crippen molar-refractivity contribution in [3.63, 3.8) is 0 Å². The highest BCUT2D eigenvalue weighted by molar-refractivity contribution is 6.03. The van der Waals surface area contributed by atoms with E-state index in [9.17, 15) is 9.59 Å². The van der Waals surface area contributed by atoms with Crippen molar-refractivity contribution in [2.75, 3.05) is 25.9 Å². The summed E-state index contributed by atoms with van der Waals surface area (Å²) >= 11 is 0. The Morgan fingerprint density at radius 2 is 1.80 bits per heavy atom. The Morgan fingerprint density at radius 3 is 2.52 bits per heavy atom. The Hall–Kier alpha value is -1.88. The zero-order chi connectivity index (χ0) is 18.0. The Labute approximate surface area is 150 Å². The molecular weight excluding hydrogens is 314 g/mol. The first kappa shape index (κ1) is 17.9. The number of nitrogens with zero attached hydrogens (tertiary/aromatic N) is 1. The summed E-state index contributed by atoms with van der Waals surface area (Å²) in [5, 5.41) is 0. The van der Waals surface area contributed by atoms with E-state index in [-0.39, 0.29) is 23.8 Å². The van der Waals surface area contributed by atoms with Crippen LogP contribution in [0.3, 0.4) is 0 Å². The number of nitrogen functional groups attached to an aromatic ring is 1. The van der Waals surface area contributed by atoms with Crippen LogP contribution in [0.2, 0.25) is 0 Å². The van der Waals surface area contributed by atoms with E-state index in [4.69, 9.17) is 5.73 Å². The van der Waals surface area contributed by atoms with Gasteiger partial charge < -0.3 is 15.5 Å². The number of Topliss-reactive ketones (excluding diaryl/α,β-unsaturated/α-hetero) is 1. The second kappa shape index (κ2) is 7.56. The van der Waals surface area contributed by atoms with Gasteiger partial charge in [-0.3, -0.25) is 9.59 Å². The Balaban J connectivity index is 1.85. The number of ketones is 1. The number of benzene rings is 1. The van der Waals surface area contributed by atoms with Crippen LogP contribution in [-0.2, 0) is 0 Å². The van der Waals surface area contributed by atoms with Gasteiger partial charge in [0.1, 0.15) is 0 Å². The predicted octanol–water partition coefficient (Wildman–Crippen LogP) is 1.53. The maximum atomic E-state index is 13.0. The molecule has 2 saturated heterocycles. The lowest BCUT2D eigenvalue weighted by atomic mass is 9.93. The molecule has 3 N–H and O–H groups in total. The molecule has 0 spiro atoms. The van der Waals surface area contributed by atoms with Crippen molar-refractivity contribution in [2.45, 2.75) is 57.5 Å². The molecule has 3 rings (SSSR count). The Kier molecular flexibility index (Phi) is 5.42. The van der Waals surface area contributed by atoms with Crippen molar-refractivity contribution in [3.05, 3.63) is 29.3 Å². The Morgan fingerprint density at radius 1 is 1.08 bits per heavy atom. The molecule has 0 saturated carbocycles. The van der Waals surface area contributed by atoms with Crippen molar-refractivity contribution >= 4 is 17.4 Å². The number of carbonyl (C=O) groups is 2. The van der Waals surface area contributed by atoms with Crippen LogP contribution in [0.25, 0.3) is 0 Å². The predicted molar refractivity (Wildman–Crippen MR) is 98.9 cm³/mol. The molecule has 0 bridgehead atoms. The lowest BCUT2D eigenvalue weighted by molar-refractivity contribution is -0.900. The number of likely N-dealkylation sites (N-methyl/N-ethyl adjacent to an activating group) is 1. The largest absolute Gasteiger partial charge is 0.399 e. The number of hydrogen-bond donors (Lipinski definition) is 2. The molecule has 1 amide bonds. The third-order valence-electron chi connectivity index (χ3n) is 5.78. The van der Waals surface area contributed by atoms with Gasteiger partial charge in [-0.2, -0.15) is 0 Å². The summed E-state index contributed by atoms with van der Waals surface area (Å²) in [6.07, 6.45) is 6.42. The first-order chi connectivity index (χ1) is 12.0. The fourth-order valence-corrected chi connectivity index (χ4v) is 4.21. The van der Waals surface area contributed by atoms with E-state index in [0.29, 0.717) is 16.8 Å². The Bertz CT molecular complexity index is 606. The number of carbonyl (C=O) groups excluding carboxylic acids is 2. The molecule has 0 aliphatic carbocycles. The molecule has 1 aromatic carbocycles. The number of nitrogens with one attached hydrogen (secondary N) is 1. The van der Waals surface area contributed by atoms with E-state index in [2.05, 4.69) is 14.0 Å². The molecule has 5 nitrogen and oxygen atoms in total. The number of rotatable bonds is 3. The molecule has 1 unspecified atom stereocenters. The molecule has 25 heavy (non-hydrogen) atoms. The van der Waals surface area contributed by atoms with Crippen LogP contribution in [0.5, 0.6) is 0 Å². The first-order valence-corrected chi connectivity index (χ1v) is 9.55. The van der Waals surface area contributed by atoms with Gasteiger partial charge in [-0.1, -0.05) is 0 Å². The van der Waals surface area contributed by atoms with Crippen molar-refractivity contribution < 1.29 is 14.5 Å². The lowest BCUT2D eigenvalue weighted by Gasteiger charge is -2.33. The molecule has 1 aromatic rings. The molecular formula is C20H30N3O2+. The van der Waals surface area contributed by atoms with Gasteiger partial charge in [-0.05, 0) is 57.2 Å². The number of quaternary nitrogens is 1. The van der Waals surface area contributed by atoms with Crippen LogP contribution in [0.15, 0.2) is 18.2 Å². The van der Waals surface area contributed by atoms with E-state index >= 15 is 0 Å². The van der Waals surface area contributed by atoms with Crippen molar-refractivity contribution in [3.8, 4) is 0 Å². The molecule has 5 heteroatoms. The van der Waals surface area contributed by atoms with Crippen LogP contribution >= 0.6 is 0 Å². The van der Waals surface area contributed by atoms with Crippen molar-refractivity contribution in [2.24, 2.45) is 0 Å². The minimum absolute atomic E-state index is 0.00195. The minimum Gasteiger partial charge on any atom is -0.399 e. The third-order valence-corrected chi connectivity index (χ3v) is 5.78. The molecule has 136 valence electrons. The van der Waals surface area contributed by atoms with E-state index in [0.717, 1.165) is 38.8 Å². The highest BCUT2D eigenvalue weighted by Crippen LogP contribution is 2.22. The van der Waals surface area contributed by atoms with Crippen LogP contribution in [0.1, 0.15) is 66.2 Å². The van der Waals surface area contributed by atoms with Crippen LogP contribution in [0.4, 0.5) is 5.69 Å². The third kappa shape index (κ3) is 3.87. The minimum atomic E-state index is -0.0209. The van der Waals surface area contributed by atoms with E-state index in [1.165, 1.54) is 17.7 Å². The monoisotopic (exact) mass is 344 g/mol. The second-order valence-corrected chi connectivity index (χ2v) is 7.70. The van der Waals surface area contributed by atoms with Gasteiger partial charge in [0.25, 0.3) is 5.91 Å². The fourth-order valence-electron chi connectivity index (χ4n) is 4.21. The average Bonchev–Trinajstić information content (AvgIpc) is 2.61. The summed E-state index contributed by atoms with van der Waals surface area (Å²) in [5.41, 5.74) is 7.66. The van der Waals surface area contributed by atoms with Crippen molar-refractivity contribution in [1.82, 2.24) is 4.90 Å². The number of piperidine rings is 2. The average molecular weight is 344 g/mol. The van der Waals surface area contributed by atoms with Gasteiger partial charge in [-0.25, -0.2) is 0 Å². The molecule has 3 atom stereocenters. The van der Waals surface area contributed by atoms with Crippen LogP contribution < -0.4 is 10.6 Å². The lowest BCUT2D eigenvalue weighted by Crippen LogP contribution is -3.14. The summed E-state index contributed by atoms with van der Waals surface area (Å²) in [4.78, 5) is 29.1. The maximum Gasteiger partial charge on any atom is 0.254 e. The zero-order valence-corrected chi connectivity index (χ0v) is 15.4. The molecule has 0 aromatic heterocycles. The molecule has 2 heterocycles. The van der Waals surface area contributed by atoms with Crippen LogP contribution in [-0.4, -0.2) is 48.8 Å². The summed E-state index contributed by atoms with van der Waals surface area (Å²) in [5.74, 6) is 0.114. The normalized spacial score (nSPS) is 27.1. The first-order valence-electron chi connectivity index (χ1n) is 9.55. The van der Waals surface area contributed by atoms with E-state index < -0.39 is 0 Å². The topological polar surface area (TPSA) is 67.8 Å². The summed E-state index contributed by atoms with van der Waals surface area (Å²) in [6.45, 7) is 3.90. The van der Waals surface area contributed by atoms with Gasteiger partial charge in [0.15, 0.2) is 6.04 Å². The van der Waals surface area contributed by atoms with E-state index in [1.54, 1.807) is 18.2 Å². The highest BCUT2D eigenvalue weighted by atomic mass is 16.2. The smallest absolute Gasteiger partial charge is 0.254 e. The zero-order valence-electron chi connectivity index (χ0n) is 15.4. The molecule has 2 aliphatic heterocycles. The second-order valence-electron chi connectivity index (χ2n) is 7.70. The summed E-state index contributed by atoms with van der Waals surface area (Å²) in [7, 11) is 2.08. The van der Waals surface area contributed by atoms with Gasteiger partial charge >= 0.3 is 0 Å². The van der Waals surface area contributed by atoms with Gasteiger partial charge in [-0.15, -0.1) is 0 Å².